The molecule has 3 aliphatic rings. The number of fused-ring (bicyclic) bond motifs is 4. The van der Waals surface area contributed by atoms with E-state index in [9.17, 15) is 14.4 Å². The Morgan fingerprint density at radius 2 is 1.78 bits per heavy atom. The lowest BCUT2D eigenvalue weighted by molar-refractivity contribution is 0.102. The summed E-state index contributed by atoms with van der Waals surface area (Å²) >= 11 is 0. The van der Waals surface area contributed by atoms with Gasteiger partial charge in [-0.1, -0.05) is 19.3 Å². The van der Waals surface area contributed by atoms with Crippen LogP contribution in [0.15, 0.2) is 35.6 Å². The number of likely N-dealkylation sites (tertiary alicyclic amines) is 1. The Bertz CT molecular complexity index is 1060. The van der Waals surface area contributed by atoms with Crippen molar-refractivity contribution in [2.45, 2.75) is 57.0 Å². The first kappa shape index (κ1) is 20.7. The van der Waals surface area contributed by atoms with Gasteiger partial charge < -0.3 is 20.1 Å². The molecule has 0 radical (unpaired) electrons. The summed E-state index contributed by atoms with van der Waals surface area (Å²) in [6, 6.07) is 3.41. The summed E-state index contributed by atoms with van der Waals surface area (Å²) in [5.41, 5.74) is 1.68. The number of hydrogen-bond donors (Lipinski definition) is 2. The van der Waals surface area contributed by atoms with E-state index in [1.807, 2.05) is 4.90 Å². The van der Waals surface area contributed by atoms with Crippen molar-refractivity contribution in [1.82, 2.24) is 24.8 Å². The molecular formula is C23H28N6O3. The molecule has 2 atom stereocenters. The number of aromatic nitrogens is 3. The summed E-state index contributed by atoms with van der Waals surface area (Å²) in [7, 11) is 0. The molecule has 9 heteroatoms. The Balaban J connectivity index is 1.37. The van der Waals surface area contributed by atoms with Crippen LogP contribution in [-0.4, -0.2) is 50.5 Å². The highest BCUT2D eigenvalue weighted by Gasteiger charge is 2.38. The van der Waals surface area contributed by atoms with Gasteiger partial charge in [0, 0.05) is 55.7 Å². The molecular weight excluding hydrogens is 408 g/mol. The SMILES string of the molecule is O=C(Nc1ccc(=O)n2c1C1CC(CN(C(=O)NC3CCCCC3)C1)C2)c1cncnc1. The van der Waals surface area contributed by atoms with E-state index in [4.69, 9.17) is 0 Å². The molecule has 32 heavy (non-hydrogen) atoms. The van der Waals surface area contributed by atoms with Gasteiger partial charge in [0.2, 0.25) is 0 Å². The predicted octanol–water partition coefficient (Wildman–Crippen LogP) is 2.35. The van der Waals surface area contributed by atoms with Crippen LogP contribution in [0.2, 0.25) is 0 Å². The van der Waals surface area contributed by atoms with Crippen molar-refractivity contribution in [1.29, 1.82) is 0 Å². The number of pyridine rings is 1. The third kappa shape index (κ3) is 4.11. The van der Waals surface area contributed by atoms with E-state index < -0.39 is 0 Å². The fraction of sp³-hybridized carbons (Fsp3) is 0.522. The van der Waals surface area contributed by atoms with Crippen molar-refractivity contribution < 1.29 is 9.59 Å². The lowest BCUT2D eigenvalue weighted by Gasteiger charge is -2.43. The van der Waals surface area contributed by atoms with Crippen molar-refractivity contribution in [2.75, 3.05) is 18.4 Å². The number of anilines is 1. The third-order valence-corrected chi connectivity index (χ3v) is 6.88. The fourth-order valence-electron chi connectivity index (χ4n) is 5.41. The molecule has 2 aromatic heterocycles. The van der Waals surface area contributed by atoms with Gasteiger partial charge in [0.25, 0.3) is 11.5 Å². The van der Waals surface area contributed by atoms with E-state index in [0.717, 1.165) is 25.0 Å². The van der Waals surface area contributed by atoms with Crippen molar-refractivity contribution >= 4 is 17.6 Å². The Kier molecular flexibility index (Phi) is 5.63. The Hall–Kier alpha value is -3.23. The van der Waals surface area contributed by atoms with Crippen LogP contribution in [-0.2, 0) is 6.54 Å². The van der Waals surface area contributed by atoms with Gasteiger partial charge in [0.05, 0.1) is 11.3 Å². The van der Waals surface area contributed by atoms with Gasteiger partial charge >= 0.3 is 6.03 Å². The summed E-state index contributed by atoms with van der Waals surface area (Å²) in [5.74, 6) is -0.0998. The second-order valence-corrected chi connectivity index (χ2v) is 9.15. The smallest absolute Gasteiger partial charge is 0.317 e. The van der Waals surface area contributed by atoms with Crippen LogP contribution >= 0.6 is 0 Å². The number of amides is 3. The van der Waals surface area contributed by atoms with E-state index >= 15 is 0 Å². The number of carbonyl (C=O) groups excluding carboxylic acids is 2. The van der Waals surface area contributed by atoms with E-state index in [-0.39, 0.29) is 35.4 Å². The molecule has 168 valence electrons. The van der Waals surface area contributed by atoms with E-state index in [1.165, 1.54) is 44.0 Å². The molecule has 2 aliphatic heterocycles. The molecule has 5 rings (SSSR count). The average Bonchev–Trinajstić information content (AvgIpc) is 2.82. The Morgan fingerprint density at radius 3 is 2.56 bits per heavy atom. The second-order valence-electron chi connectivity index (χ2n) is 9.15. The minimum atomic E-state index is -0.322. The topological polar surface area (TPSA) is 109 Å². The molecule has 1 saturated heterocycles. The number of piperidine rings is 1. The van der Waals surface area contributed by atoms with Gasteiger partial charge in [-0.25, -0.2) is 14.8 Å². The maximum atomic E-state index is 13.0. The lowest BCUT2D eigenvalue weighted by Crippen LogP contribution is -2.53. The Labute approximate surface area is 186 Å². The van der Waals surface area contributed by atoms with Crippen LogP contribution in [0.4, 0.5) is 10.5 Å². The summed E-state index contributed by atoms with van der Waals surface area (Å²) in [4.78, 5) is 48.0. The van der Waals surface area contributed by atoms with Crippen LogP contribution in [0.5, 0.6) is 0 Å². The van der Waals surface area contributed by atoms with E-state index in [1.54, 1.807) is 10.6 Å². The minimum absolute atomic E-state index is 0.00386. The van der Waals surface area contributed by atoms with Gasteiger partial charge in [-0.05, 0) is 31.2 Å². The zero-order valence-corrected chi connectivity index (χ0v) is 18.0. The summed E-state index contributed by atoms with van der Waals surface area (Å²) in [6.07, 6.45) is 10.9. The highest BCUT2D eigenvalue weighted by Crippen LogP contribution is 2.38. The molecule has 2 unspecified atom stereocenters. The van der Waals surface area contributed by atoms with Crippen molar-refractivity contribution in [3.8, 4) is 0 Å². The second kappa shape index (κ2) is 8.72. The molecule has 0 aromatic carbocycles. The summed E-state index contributed by atoms with van der Waals surface area (Å²) in [5, 5.41) is 6.15. The standard InChI is InChI=1S/C23H28N6O3/c30-20-7-6-19(27-22(31)17-9-24-14-25-10-17)21-16-8-15(12-29(20)21)11-28(13-16)23(32)26-18-4-2-1-3-5-18/h6-7,9-10,14-16,18H,1-5,8,11-13H2,(H,26,32)(H,27,31). The number of rotatable bonds is 3. The lowest BCUT2D eigenvalue weighted by atomic mass is 9.82. The van der Waals surface area contributed by atoms with Crippen LogP contribution in [0.3, 0.4) is 0 Å². The molecule has 2 bridgehead atoms. The highest BCUT2D eigenvalue weighted by atomic mass is 16.2. The monoisotopic (exact) mass is 436 g/mol. The average molecular weight is 437 g/mol. The molecule has 0 spiro atoms. The molecule has 1 saturated carbocycles. The molecule has 4 heterocycles. The van der Waals surface area contributed by atoms with Crippen LogP contribution in [0, 0.1) is 5.92 Å². The first-order valence-corrected chi connectivity index (χ1v) is 11.4. The first-order valence-electron chi connectivity index (χ1n) is 11.4. The minimum Gasteiger partial charge on any atom is -0.335 e. The van der Waals surface area contributed by atoms with Crippen molar-refractivity contribution in [3.63, 3.8) is 0 Å². The molecule has 3 amide bonds. The molecule has 1 aliphatic carbocycles. The van der Waals surface area contributed by atoms with Gasteiger partial charge in [-0.3, -0.25) is 9.59 Å². The third-order valence-electron chi connectivity index (χ3n) is 6.88. The number of hydrogen-bond acceptors (Lipinski definition) is 5. The van der Waals surface area contributed by atoms with Gasteiger partial charge in [0.15, 0.2) is 0 Å². The summed E-state index contributed by atoms with van der Waals surface area (Å²) in [6.45, 7) is 1.74. The van der Waals surface area contributed by atoms with Crippen molar-refractivity contribution in [3.05, 3.63) is 52.5 Å². The molecule has 2 aromatic rings. The normalized spacial score (nSPS) is 22.7. The van der Waals surface area contributed by atoms with Crippen LogP contribution < -0.4 is 16.2 Å². The maximum absolute atomic E-state index is 13.0. The van der Waals surface area contributed by atoms with Gasteiger partial charge in [-0.2, -0.15) is 0 Å². The Morgan fingerprint density at radius 1 is 1.00 bits per heavy atom. The number of nitrogens with zero attached hydrogens (tertiary/aromatic N) is 4. The van der Waals surface area contributed by atoms with Gasteiger partial charge in [-0.15, -0.1) is 0 Å². The van der Waals surface area contributed by atoms with E-state index in [0.29, 0.717) is 30.9 Å². The summed E-state index contributed by atoms with van der Waals surface area (Å²) < 4.78 is 1.77. The zero-order chi connectivity index (χ0) is 22.1. The largest absolute Gasteiger partial charge is 0.335 e. The highest BCUT2D eigenvalue weighted by molar-refractivity contribution is 6.04. The molecule has 9 nitrogen and oxygen atoms in total. The van der Waals surface area contributed by atoms with Crippen LogP contribution in [0.1, 0.15) is 60.5 Å². The first-order chi connectivity index (χ1) is 15.6. The molecule has 2 fully saturated rings. The number of nitrogens with one attached hydrogen (secondary N) is 2. The predicted molar refractivity (Wildman–Crippen MR) is 119 cm³/mol. The van der Waals surface area contributed by atoms with Gasteiger partial charge in [0.1, 0.15) is 6.33 Å². The maximum Gasteiger partial charge on any atom is 0.317 e. The fourth-order valence-corrected chi connectivity index (χ4v) is 5.41. The number of carbonyl (C=O) groups is 2. The number of urea groups is 1. The molecule has 2 N–H and O–H groups in total. The van der Waals surface area contributed by atoms with Crippen molar-refractivity contribution in [2.24, 2.45) is 5.92 Å². The van der Waals surface area contributed by atoms with E-state index in [2.05, 4.69) is 20.6 Å². The zero-order valence-electron chi connectivity index (χ0n) is 18.0. The van der Waals surface area contributed by atoms with Crippen LogP contribution in [0.25, 0.3) is 0 Å². The quantitative estimate of drug-likeness (QED) is 0.768.